The highest BCUT2D eigenvalue weighted by atomic mass is 19.1. The molecule has 2 N–H and O–H groups in total. The van der Waals surface area contributed by atoms with Gasteiger partial charge < -0.3 is 15.4 Å². The van der Waals surface area contributed by atoms with Crippen LogP contribution in [0.5, 0.6) is 0 Å². The van der Waals surface area contributed by atoms with Gasteiger partial charge in [0.15, 0.2) is 12.4 Å². The number of aromatic nitrogens is 3. The summed E-state index contributed by atoms with van der Waals surface area (Å²) < 4.78 is 20.1. The van der Waals surface area contributed by atoms with Gasteiger partial charge in [0, 0.05) is 24.8 Å². The fourth-order valence-corrected chi connectivity index (χ4v) is 3.26. The van der Waals surface area contributed by atoms with Crippen LogP contribution in [-0.2, 0) is 14.3 Å². The zero-order valence-electron chi connectivity index (χ0n) is 18.3. The van der Waals surface area contributed by atoms with Crippen LogP contribution in [0.1, 0.15) is 42.2 Å². The lowest BCUT2D eigenvalue weighted by Gasteiger charge is -2.22. The third-order valence-electron chi connectivity index (χ3n) is 4.79. The van der Waals surface area contributed by atoms with Crippen molar-refractivity contribution in [1.29, 1.82) is 0 Å². The van der Waals surface area contributed by atoms with Crippen LogP contribution in [0.15, 0.2) is 54.9 Å². The van der Waals surface area contributed by atoms with E-state index in [2.05, 4.69) is 10.1 Å². The van der Waals surface area contributed by atoms with Gasteiger partial charge in [0.25, 0.3) is 5.91 Å². The lowest BCUT2D eigenvalue weighted by molar-refractivity contribution is -0.121. The maximum Gasteiger partial charge on any atom is 0.342 e. The number of rotatable bonds is 9. The number of ether oxygens (including phenoxy) is 1. The summed E-state index contributed by atoms with van der Waals surface area (Å²) in [5.74, 6) is -1.92. The van der Waals surface area contributed by atoms with Gasteiger partial charge in [-0.15, -0.1) is 0 Å². The normalized spacial score (nSPS) is 10.8. The van der Waals surface area contributed by atoms with Gasteiger partial charge in [-0.05, 0) is 42.3 Å². The van der Waals surface area contributed by atoms with E-state index < -0.39 is 30.2 Å². The Morgan fingerprint density at radius 1 is 1.15 bits per heavy atom. The number of nitrogens with zero attached hydrogens (tertiary/aromatic N) is 4. The number of anilines is 1. The predicted octanol–water partition coefficient (Wildman–Crippen LogP) is 2.60. The van der Waals surface area contributed by atoms with E-state index in [-0.39, 0.29) is 24.4 Å². The highest BCUT2D eigenvalue weighted by Crippen LogP contribution is 2.23. The molecule has 0 fully saturated rings. The number of benzene rings is 1. The predicted molar refractivity (Wildman–Crippen MR) is 118 cm³/mol. The number of carbonyl (C=O) groups excluding carboxylic acids is 3. The molecule has 2 heterocycles. The lowest BCUT2D eigenvalue weighted by Crippen LogP contribution is -2.37. The fourth-order valence-electron chi connectivity index (χ4n) is 3.26. The second-order valence-electron chi connectivity index (χ2n) is 7.51. The molecular formula is C23H24FN5O4. The van der Waals surface area contributed by atoms with E-state index in [9.17, 15) is 18.8 Å². The van der Waals surface area contributed by atoms with E-state index in [1.165, 1.54) is 35.4 Å². The van der Waals surface area contributed by atoms with Crippen LogP contribution in [0.25, 0.3) is 5.82 Å². The standard InChI is InChI=1S/C23H24FN5O4/c1-15(2)22-18(13-27-29(22)20-5-3-4-11-26-20)23(32)33-14-21(31)28(12-10-19(25)30)17-8-6-16(24)7-9-17/h3-9,11,13,15H,10,12,14H2,1-2H3,(H2,25,30). The summed E-state index contributed by atoms with van der Waals surface area (Å²) >= 11 is 0. The van der Waals surface area contributed by atoms with E-state index >= 15 is 0 Å². The molecule has 2 aromatic heterocycles. The number of primary amides is 1. The van der Waals surface area contributed by atoms with E-state index in [4.69, 9.17) is 10.5 Å². The Morgan fingerprint density at radius 2 is 1.88 bits per heavy atom. The zero-order valence-corrected chi connectivity index (χ0v) is 18.3. The van der Waals surface area contributed by atoms with Crippen molar-refractivity contribution in [2.75, 3.05) is 18.1 Å². The number of carbonyl (C=O) groups is 3. The smallest absolute Gasteiger partial charge is 0.342 e. The minimum Gasteiger partial charge on any atom is -0.452 e. The summed E-state index contributed by atoms with van der Waals surface area (Å²) in [6, 6.07) is 10.5. The Hall–Kier alpha value is -4.08. The van der Waals surface area contributed by atoms with Crippen molar-refractivity contribution in [3.05, 3.63) is 71.9 Å². The molecule has 0 atom stereocenters. The first-order valence-electron chi connectivity index (χ1n) is 10.3. The van der Waals surface area contributed by atoms with Gasteiger partial charge in [-0.1, -0.05) is 19.9 Å². The van der Waals surface area contributed by atoms with Gasteiger partial charge in [0.05, 0.1) is 11.9 Å². The number of amides is 2. The molecule has 2 amide bonds. The lowest BCUT2D eigenvalue weighted by atomic mass is 10.1. The van der Waals surface area contributed by atoms with E-state index in [0.717, 1.165) is 0 Å². The summed E-state index contributed by atoms with van der Waals surface area (Å²) in [6.45, 7) is 3.18. The van der Waals surface area contributed by atoms with Crippen molar-refractivity contribution >= 4 is 23.5 Å². The molecule has 0 aliphatic rings. The van der Waals surface area contributed by atoms with E-state index in [1.54, 1.807) is 29.1 Å². The van der Waals surface area contributed by atoms with Crippen molar-refractivity contribution in [2.24, 2.45) is 5.73 Å². The molecule has 0 radical (unpaired) electrons. The van der Waals surface area contributed by atoms with Crippen LogP contribution in [0.4, 0.5) is 10.1 Å². The highest BCUT2D eigenvalue weighted by molar-refractivity contribution is 5.97. The third kappa shape index (κ3) is 5.79. The van der Waals surface area contributed by atoms with Gasteiger partial charge in [0.2, 0.25) is 5.91 Å². The Bertz CT molecular complexity index is 1130. The molecule has 0 saturated carbocycles. The van der Waals surface area contributed by atoms with Crippen LogP contribution in [0, 0.1) is 5.82 Å². The quantitative estimate of drug-likeness (QED) is 0.497. The molecule has 172 valence electrons. The van der Waals surface area contributed by atoms with Gasteiger partial charge in [-0.2, -0.15) is 5.10 Å². The summed E-state index contributed by atoms with van der Waals surface area (Å²) in [5, 5.41) is 4.27. The second kappa shape index (κ2) is 10.5. The van der Waals surface area contributed by atoms with Crippen molar-refractivity contribution in [1.82, 2.24) is 14.8 Å². The van der Waals surface area contributed by atoms with E-state index in [1.807, 2.05) is 13.8 Å². The molecule has 0 aliphatic carbocycles. The minimum absolute atomic E-state index is 0.0355. The first-order valence-corrected chi connectivity index (χ1v) is 10.3. The molecule has 9 nitrogen and oxygen atoms in total. The number of pyridine rings is 1. The van der Waals surface area contributed by atoms with Gasteiger partial charge >= 0.3 is 5.97 Å². The summed E-state index contributed by atoms with van der Waals surface area (Å²) in [7, 11) is 0. The average Bonchev–Trinajstić information content (AvgIpc) is 3.25. The van der Waals surface area contributed by atoms with E-state index in [0.29, 0.717) is 17.2 Å². The van der Waals surface area contributed by atoms with Crippen molar-refractivity contribution in [3.8, 4) is 5.82 Å². The van der Waals surface area contributed by atoms with Crippen molar-refractivity contribution in [2.45, 2.75) is 26.2 Å². The van der Waals surface area contributed by atoms with Crippen LogP contribution in [-0.4, -0.2) is 45.7 Å². The Balaban J connectivity index is 1.77. The second-order valence-corrected chi connectivity index (χ2v) is 7.51. The SMILES string of the molecule is CC(C)c1c(C(=O)OCC(=O)N(CCC(N)=O)c2ccc(F)cc2)cnn1-c1ccccn1. The summed E-state index contributed by atoms with van der Waals surface area (Å²) in [5.41, 5.74) is 6.36. The average molecular weight is 453 g/mol. The molecule has 1 aromatic carbocycles. The largest absolute Gasteiger partial charge is 0.452 e. The molecule has 0 saturated heterocycles. The molecule has 0 spiro atoms. The molecule has 3 aromatic rings. The van der Waals surface area contributed by atoms with Crippen LogP contribution < -0.4 is 10.6 Å². The molecule has 3 rings (SSSR count). The van der Waals surface area contributed by atoms with Crippen molar-refractivity contribution in [3.63, 3.8) is 0 Å². The van der Waals surface area contributed by atoms with Gasteiger partial charge in [-0.25, -0.2) is 18.9 Å². The van der Waals surface area contributed by atoms with Crippen LogP contribution in [0.3, 0.4) is 0 Å². The first kappa shape index (κ1) is 23.6. The number of hydrogen-bond donors (Lipinski definition) is 1. The minimum atomic E-state index is -0.719. The highest BCUT2D eigenvalue weighted by Gasteiger charge is 2.24. The molecule has 33 heavy (non-hydrogen) atoms. The fraction of sp³-hybridized carbons (Fsp3) is 0.261. The van der Waals surface area contributed by atoms with Gasteiger partial charge in [0.1, 0.15) is 11.4 Å². The van der Waals surface area contributed by atoms with Gasteiger partial charge in [-0.3, -0.25) is 9.59 Å². The van der Waals surface area contributed by atoms with Crippen LogP contribution >= 0.6 is 0 Å². The molecule has 0 bridgehead atoms. The van der Waals surface area contributed by atoms with Crippen molar-refractivity contribution < 1.29 is 23.5 Å². The molecule has 0 aliphatic heterocycles. The number of nitrogens with two attached hydrogens (primary N) is 1. The zero-order chi connectivity index (χ0) is 24.0. The number of hydrogen-bond acceptors (Lipinski definition) is 6. The molecule has 0 unspecified atom stereocenters. The topological polar surface area (TPSA) is 120 Å². The summed E-state index contributed by atoms with van der Waals surface area (Å²) in [6.07, 6.45) is 2.89. The maximum absolute atomic E-state index is 13.3. The molecular weight excluding hydrogens is 429 g/mol. The first-order chi connectivity index (χ1) is 15.8. The maximum atomic E-state index is 13.3. The Labute approximate surface area is 190 Å². The monoisotopic (exact) mass is 453 g/mol. The third-order valence-corrected chi connectivity index (χ3v) is 4.79. The van der Waals surface area contributed by atoms with Crippen LogP contribution in [0.2, 0.25) is 0 Å². The molecule has 10 heteroatoms. The number of halogens is 1. The summed E-state index contributed by atoms with van der Waals surface area (Å²) in [4.78, 5) is 42.3. The number of esters is 1. The Kier molecular flexibility index (Phi) is 7.50. The Morgan fingerprint density at radius 3 is 2.48 bits per heavy atom.